The number of aliphatic hydroxyl groups is 1. The number of aliphatic carboxylic acids is 1. The van der Waals surface area contributed by atoms with E-state index in [1.807, 2.05) is 6.92 Å². The lowest BCUT2D eigenvalue weighted by Crippen LogP contribution is -2.38. The molecule has 0 heterocycles. The Bertz CT molecular complexity index is 195. The number of hydrogen-bond donors (Lipinski definition) is 2. The number of carboxylic acid groups (broad SMARTS) is 1. The van der Waals surface area contributed by atoms with Crippen LogP contribution in [0.5, 0.6) is 0 Å². The molecular formula is C11H20O3. The lowest BCUT2D eigenvalue weighted by molar-refractivity contribution is -0.143. The summed E-state index contributed by atoms with van der Waals surface area (Å²) in [7, 11) is 0. The first-order valence-electron chi connectivity index (χ1n) is 5.50. The monoisotopic (exact) mass is 200 g/mol. The molecule has 2 N–H and O–H groups in total. The summed E-state index contributed by atoms with van der Waals surface area (Å²) in [6, 6.07) is 0. The van der Waals surface area contributed by atoms with Crippen molar-refractivity contribution >= 4 is 5.97 Å². The van der Waals surface area contributed by atoms with Crippen LogP contribution in [0.15, 0.2) is 0 Å². The number of hydrogen-bond acceptors (Lipinski definition) is 2. The Kier molecular flexibility index (Phi) is 3.93. The van der Waals surface area contributed by atoms with Crippen molar-refractivity contribution in [2.75, 3.05) is 0 Å². The first-order valence-corrected chi connectivity index (χ1v) is 5.50. The van der Waals surface area contributed by atoms with E-state index in [4.69, 9.17) is 5.11 Å². The lowest BCUT2D eigenvalue weighted by Gasteiger charge is -2.39. The van der Waals surface area contributed by atoms with Crippen molar-refractivity contribution in [2.45, 2.75) is 58.0 Å². The van der Waals surface area contributed by atoms with E-state index in [-0.39, 0.29) is 11.8 Å². The number of aliphatic hydroxyl groups excluding tert-OH is 1. The summed E-state index contributed by atoms with van der Waals surface area (Å²) in [5, 5.41) is 18.8. The van der Waals surface area contributed by atoms with Crippen molar-refractivity contribution < 1.29 is 15.0 Å². The van der Waals surface area contributed by atoms with Crippen LogP contribution in [0.2, 0.25) is 0 Å². The molecule has 1 rings (SSSR count). The van der Waals surface area contributed by atoms with Crippen LogP contribution in [-0.2, 0) is 4.79 Å². The van der Waals surface area contributed by atoms with Crippen LogP contribution in [0.25, 0.3) is 0 Å². The molecule has 0 aromatic heterocycles. The molecule has 1 fully saturated rings. The highest BCUT2D eigenvalue weighted by molar-refractivity contribution is 5.67. The Morgan fingerprint density at radius 1 is 1.36 bits per heavy atom. The fraction of sp³-hybridized carbons (Fsp3) is 0.909. The van der Waals surface area contributed by atoms with Gasteiger partial charge in [0.25, 0.3) is 0 Å². The van der Waals surface area contributed by atoms with Crippen molar-refractivity contribution in [2.24, 2.45) is 5.41 Å². The second-order valence-corrected chi connectivity index (χ2v) is 4.42. The minimum atomic E-state index is -0.778. The van der Waals surface area contributed by atoms with Crippen molar-refractivity contribution in [1.82, 2.24) is 0 Å². The fourth-order valence-corrected chi connectivity index (χ4v) is 2.62. The predicted octanol–water partition coefficient (Wildman–Crippen LogP) is 2.18. The topological polar surface area (TPSA) is 57.5 Å². The summed E-state index contributed by atoms with van der Waals surface area (Å²) in [4.78, 5) is 10.8. The van der Waals surface area contributed by atoms with Crippen LogP contribution < -0.4 is 0 Å². The molecule has 0 aromatic carbocycles. The SMILES string of the molecule is CCC(O)C1(CC(=O)O)CCCCC1. The third-order valence-corrected chi connectivity index (χ3v) is 3.45. The number of rotatable bonds is 4. The molecule has 0 aromatic rings. The van der Waals surface area contributed by atoms with Gasteiger partial charge in [-0.2, -0.15) is 0 Å². The third kappa shape index (κ3) is 2.47. The van der Waals surface area contributed by atoms with E-state index in [0.717, 1.165) is 25.7 Å². The molecule has 14 heavy (non-hydrogen) atoms. The van der Waals surface area contributed by atoms with Gasteiger partial charge in [0.05, 0.1) is 12.5 Å². The molecule has 1 atom stereocenters. The maximum atomic E-state index is 10.8. The minimum Gasteiger partial charge on any atom is -0.481 e. The highest BCUT2D eigenvalue weighted by atomic mass is 16.4. The summed E-state index contributed by atoms with van der Waals surface area (Å²) in [6.45, 7) is 1.92. The molecule has 1 unspecified atom stereocenters. The van der Waals surface area contributed by atoms with E-state index >= 15 is 0 Å². The largest absolute Gasteiger partial charge is 0.481 e. The van der Waals surface area contributed by atoms with Crippen LogP contribution in [-0.4, -0.2) is 22.3 Å². The van der Waals surface area contributed by atoms with Crippen molar-refractivity contribution in [1.29, 1.82) is 0 Å². The normalized spacial score (nSPS) is 23.0. The van der Waals surface area contributed by atoms with E-state index in [9.17, 15) is 9.90 Å². The molecule has 0 spiro atoms. The third-order valence-electron chi connectivity index (χ3n) is 3.45. The minimum absolute atomic E-state index is 0.127. The average molecular weight is 200 g/mol. The van der Waals surface area contributed by atoms with E-state index < -0.39 is 12.1 Å². The zero-order valence-electron chi connectivity index (χ0n) is 8.83. The van der Waals surface area contributed by atoms with Crippen LogP contribution in [0.4, 0.5) is 0 Å². The molecule has 3 nitrogen and oxygen atoms in total. The fourth-order valence-electron chi connectivity index (χ4n) is 2.62. The smallest absolute Gasteiger partial charge is 0.304 e. The zero-order valence-corrected chi connectivity index (χ0v) is 8.83. The maximum absolute atomic E-state index is 10.8. The van der Waals surface area contributed by atoms with Gasteiger partial charge in [0, 0.05) is 5.41 Å². The van der Waals surface area contributed by atoms with Gasteiger partial charge in [-0.05, 0) is 19.3 Å². The quantitative estimate of drug-likeness (QED) is 0.731. The Labute approximate surface area is 85.1 Å². The molecule has 0 amide bonds. The van der Waals surface area contributed by atoms with Gasteiger partial charge in [0.2, 0.25) is 0 Å². The molecule has 82 valence electrons. The van der Waals surface area contributed by atoms with Gasteiger partial charge >= 0.3 is 5.97 Å². The molecule has 1 aliphatic rings. The highest BCUT2D eigenvalue weighted by Crippen LogP contribution is 2.43. The Morgan fingerprint density at radius 3 is 2.36 bits per heavy atom. The summed E-state index contributed by atoms with van der Waals surface area (Å²) < 4.78 is 0. The Hall–Kier alpha value is -0.570. The van der Waals surface area contributed by atoms with E-state index in [2.05, 4.69) is 0 Å². The Balaban J connectivity index is 2.71. The van der Waals surface area contributed by atoms with Gasteiger partial charge in [-0.15, -0.1) is 0 Å². The van der Waals surface area contributed by atoms with Crippen LogP contribution in [0.1, 0.15) is 51.9 Å². The van der Waals surface area contributed by atoms with Gasteiger partial charge < -0.3 is 10.2 Å². The average Bonchev–Trinajstić information content (AvgIpc) is 2.17. The second kappa shape index (κ2) is 4.78. The molecule has 0 aliphatic heterocycles. The summed E-state index contributed by atoms with van der Waals surface area (Å²) in [5.41, 5.74) is -0.334. The molecule has 1 aliphatic carbocycles. The van der Waals surface area contributed by atoms with Gasteiger partial charge in [-0.3, -0.25) is 4.79 Å². The Morgan fingerprint density at radius 2 is 1.93 bits per heavy atom. The van der Waals surface area contributed by atoms with E-state index in [1.54, 1.807) is 0 Å². The molecule has 3 heteroatoms. The molecule has 0 radical (unpaired) electrons. The van der Waals surface area contributed by atoms with E-state index in [0.29, 0.717) is 6.42 Å². The first kappa shape index (κ1) is 11.5. The van der Waals surface area contributed by atoms with Crippen LogP contribution in [0, 0.1) is 5.41 Å². The van der Waals surface area contributed by atoms with Crippen LogP contribution >= 0.6 is 0 Å². The standard InChI is InChI=1S/C11H20O3/c1-2-9(12)11(8-10(13)14)6-4-3-5-7-11/h9,12H,2-8H2,1H3,(H,13,14). The van der Waals surface area contributed by atoms with Crippen LogP contribution in [0.3, 0.4) is 0 Å². The van der Waals surface area contributed by atoms with Crippen molar-refractivity contribution in [3.63, 3.8) is 0 Å². The van der Waals surface area contributed by atoms with Crippen molar-refractivity contribution in [3.05, 3.63) is 0 Å². The number of carboxylic acids is 1. The van der Waals surface area contributed by atoms with Gasteiger partial charge in [0.1, 0.15) is 0 Å². The predicted molar refractivity (Wildman–Crippen MR) is 54.1 cm³/mol. The molecule has 0 bridgehead atoms. The first-order chi connectivity index (χ1) is 6.60. The molecular weight excluding hydrogens is 180 g/mol. The summed E-state index contributed by atoms with van der Waals surface area (Å²) >= 11 is 0. The summed E-state index contributed by atoms with van der Waals surface area (Å²) in [5.74, 6) is -0.778. The lowest BCUT2D eigenvalue weighted by atomic mass is 9.67. The molecule has 0 saturated heterocycles. The second-order valence-electron chi connectivity index (χ2n) is 4.42. The zero-order chi connectivity index (χ0) is 10.6. The summed E-state index contributed by atoms with van der Waals surface area (Å²) in [6.07, 6.45) is 5.38. The van der Waals surface area contributed by atoms with E-state index in [1.165, 1.54) is 6.42 Å². The van der Waals surface area contributed by atoms with Gasteiger partial charge in [0.15, 0.2) is 0 Å². The highest BCUT2D eigenvalue weighted by Gasteiger charge is 2.39. The van der Waals surface area contributed by atoms with Gasteiger partial charge in [-0.25, -0.2) is 0 Å². The van der Waals surface area contributed by atoms with Gasteiger partial charge in [-0.1, -0.05) is 26.2 Å². The van der Waals surface area contributed by atoms with Crippen molar-refractivity contribution in [3.8, 4) is 0 Å². The maximum Gasteiger partial charge on any atom is 0.304 e. The molecule has 1 saturated carbocycles. The number of carbonyl (C=O) groups is 1.